The van der Waals surface area contributed by atoms with Crippen LogP contribution in [-0.4, -0.2) is 57.7 Å². The Labute approximate surface area is 170 Å². The van der Waals surface area contributed by atoms with Gasteiger partial charge in [0.15, 0.2) is 5.82 Å². The fourth-order valence-corrected chi connectivity index (χ4v) is 3.67. The minimum absolute atomic E-state index is 0.0580. The maximum absolute atomic E-state index is 12.6. The van der Waals surface area contributed by atoms with Crippen LogP contribution in [0.4, 0.5) is 0 Å². The number of nitrogens with one attached hydrogen (secondary N) is 1. The van der Waals surface area contributed by atoms with Crippen molar-refractivity contribution in [1.82, 2.24) is 30.4 Å². The molecule has 1 amide bonds. The zero-order valence-electron chi connectivity index (χ0n) is 16.4. The van der Waals surface area contributed by atoms with Crippen LogP contribution >= 0.6 is 11.6 Å². The van der Waals surface area contributed by atoms with Gasteiger partial charge in [0.25, 0.3) is 0 Å². The van der Waals surface area contributed by atoms with E-state index in [4.69, 9.17) is 11.6 Å². The monoisotopic (exact) mass is 402 g/mol. The predicted octanol–water partition coefficient (Wildman–Crippen LogP) is 2.54. The summed E-state index contributed by atoms with van der Waals surface area (Å²) in [4.78, 5) is 16.1. The Bertz CT molecular complexity index is 826. The van der Waals surface area contributed by atoms with E-state index in [-0.39, 0.29) is 5.91 Å². The van der Waals surface area contributed by atoms with Gasteiger partial charge in [0, 0.05) is 24.2 Å². The van der Waals surface area contributed by atoms with Crippen LogP contribution in [0.15, 0.2) is 24.3 Å². The molecule has 1 fully saturated rings. The minimum atomic E-state index is 0.0580. The van der Waals surface area contributed by atoms with Crippen LogP contribution in [0.5, 0.6) is 0 Å². The van der Waals surface area contributed by atoms with E-state index < -0.39 is 0 Å². The summed E-state index contributed by atoms with van der Waals surface area (Å²) in [6.07, 6.45) is 6.83. The molecule has 1 aliphatic heterocycles. The van der Waals surface area contributed by atoms with Gasteiger partial charge in [0.1, 0.15) is 0 Å². The molecule has 1 N–H and O–H groups in total. The quantitative estimate of drug-likeness (QED) is 0.720. The van der Waals surface area contributed by atoms with Crippen LogP contribution in [0.1, 0.15) is 36.2 Å². The number of halogens is 1. The van der Waals surface area contributed by atoms with E-state index in [0.717, 1.165) is 43.6 Å². The first-order valence-corrected chi connectivity index (χ1v) is 10.1. The highest BCUT2D eigenvalue weighted by Crippen LogP contribution is 2.21. The zero-order chi connectivity index (χ0) is 19.9. The van der Waals surface area contributed by atoms with Crippen LogP contribution in [0, 0.1) is 12.8 Å². The van der Waals surface area contributed by atoms with Crippen molar-refractivity contribution in [3.05, 3.63) is 46.2 Å². The molecule has 0 unspecified atom stereocenters. The number of hydrogen-bond donors (Lipinski definition) is 1. The smallest absolute Gasteiger partial charge is 0.246 e. The van der Waals surface area contributed by atoms with Crippen molar-refractivity contribution in [2.75, 3.05) is 26.7 Å². The lowest BCUT2D eigenvalue weighted by atomic mass is 9.93. The van der Waals surface area contributed by atoms with E-state index in [2.05, 4.69) is 20.7 Å². The van der Waals surface area contributed by atoms with E-state index in [9.17, 15) is 4.79 Å². The second kappa shape index (κ2) is 9.80. The van der Waals surface area contributed by atoms with Gasteiger partial charge < -0.3 is 10.2 Å². The topological polar surface area (TPSA) is 75.9 Å². The van der Waals surface area contributed by atoms with Crippen LogP contribution in [-0.2, 0) is 11.3 Å². The van der Waals surface area contributed by atoms with Crippen molar-refractivity contribution in [2.45, 2.75) is 32.7 Å². The van der Waals surface area contributed by atoms with Crippen molar-refractivity contribution in [3.8, 4) is 0 Å². The largest absolute Gasteiger partial charge is 0.339 e. The van der Waals surface area contributed by atoms with Gasteiger partial charge in [-0.15, -0.1) is 10.2 Å². The third-order valence-corrected chi connectivity index (χ3v) is 5.34. The number of carbonyl (C=O) groups is 1. The number of aromatic nitrogens is 4. The number of hydrogen-bond acceptors (Lipinski definition) is 5. The SMILES string of the molecule is CNCCC1CCN(C(=O)C=Cc2ccc(Cl)cc2Cn2nnc(C)n2)CC1. The molecular weight excluding hydrogens is 376 g/mol. The molecule has 1 saturated heterocycles. The number of benzene rings is 1. The summed E-state index contributed by atoms with van der Waals surface area (Å²) < 4.78 is 0. The van der Waals surface area contributed by atoms with E-state index >= 15 is 0 Å². The van der Waals surface area contributed by atoms with Gasteiger partial charge in [-0.2, -0.15) is 4.80 Å². The van der Waals surface area contributed by atoms with E-state index in [1.807, 2.05) is 36.2 Å². The molecule has 1 aliphatic rings. The summed E-state index contributed by atoms with van der Waals surface area (Å²) in [5.74, 6) is 1.39. The summed E-state index contributed by atoms with van der Waals surface area (Å²) in [6.45, 7) is 4.94. The second-order valence-electron chi connectivity index (χ2n) is 7.20. The number of carbonyl (C=O) groups excluding carboxylic acids is 1. The molecule has 1 aromatic heterocycles. The minimum Gasteiger partial charge on any atom is -0.339 e. The fraction of sp³-hybridized carbons (Fsp3) is 0.500. The maximum Gasteiger partial charge on any atom is 0.246 e. The van der Waals surface area contributed by atoms with Crippen molar-refractivity contribution in [3.63, 3.8) is 0 Å². The Kier molecular flexibility index (Phi) is 7.17. The van der Waals surface area contributed by atoms with Gasteiger partial charge in [0.05, 0.1) is 6.54 Å². The van der Waals surface area contributed by atoms with Crippen LogP contribution in [0.2, 0.25) is 5.02 Å². The average Bonchev–Trinajstić information content (AvgIpc) is 3.10. The number of tetrazole rings is 1. The molecule has 2 aromatic rings. The number of piperidine rings is 1. The lowest BCUT2D eigenvalue weighted by Gasteiger charge is -2.31. The van der Waals surface area contributed by atoms with E-state index in [0.29, 0.717) is 23.3 Å². The van der Waals surface area contributed by atoms with Gasteiger partial charge in [0.2, 0.25) is 5.91 Å². The summed E-state index contributed by atoms with van der Waals surface area (Å²) in [7, 11) is 1.98. The third kappa shape index (κ3) is 5.62. The molecule has 0 aliphatic carbocycles. The average molecular weight is 403 g/mol. The molecule has 8 heteroatoms. The molecule has 1 aromatic carbocycles. The molecule has 3 rings (SSSR count). The highest BCUT2D eigenvalue weighted by Gasteiger charge is 2.21. The van der Waals surface area contributed by atoms with Crippen LogP contribution in [0.3, 0.4) is 0 Å². The van der Waals surface area contributed by atoms with Gasteiger partial charge in [-0.05, 0) is 80.2 Å². The number of rotatable bonds is 7. The summed E-state index contributed by atoms with van der Waals surface area (Å²) >= 11 is 6.15. The van der Waals surface area contributed by atoms with Crippen LogP contribution in [0.25, 0.3) is 6.08 Å². The fourth-order valence-electron chi connectivity index (χ4n) is 3.47. The van der Waals surface area contributed by atoms with Gasteiger partial charge in [-0.3, -0.25) is 4.79 Å². The van der Waals surface area contributed by atoms with Gasteiger partial charge >= 0.3 is 0 Å². The molecule has 2 heterocycles. The Hall–Kier alpha value is -2.25. The van der Waals surface area contributed by atoms with Crippen molar-refractivity contribution < 1.29 is 4.79 Å². The van der Waals surface area contributed by atoms with Gasteiger partial charge in [-0.1, -0.05) is 17.7 Å². The molecule has 0 radical (unpaired) electrons. The summed E-state index contributed by atoms with van der Waals surface area (Å²) in [5, 5.41) is 16.0. The predicted molar refractivity (Wildman–Crippen MR) is 110 cm³/mol. The van der Waals surface area contributed by atoms with E-state index in [1.165, 1.54) is 11.2 Å². The van der Waals surface area contributed by atoms with Gasteiger partial charge in [-0.25, -0.2) is 0 Å². The zero-order valence-corrected chi connectivity index (χ0v) is 17.2. The highest BCUT2D eigenvalue weighted by atomic mass is 35.5. The number of aryl methyl sites for hydroxylation is 1. The molecule has 150 valence electrons. The Balaban J connectivity index is 1.63. The molecular formula is C20H27ClN6O. The molecule has 0 bridgehead atoms. The Morgan fingerprint density at radius 3 is 2.82 bits per heavy atom. The molecule has 0 atom stereocenters. The highest BCUT2D eigenvalue weighted by molar-refractivity contribution is 6.30. The molecule has 0 saturated carbocycles. The standard InChI is InChI=1S/C20H27ClN6O/c1-15-23-25-27(24-15)14-18-13-19(21)5-3-17(18)4-6-20(28)26-11-8-16(9-12-26)7-10-22-2/h3-6,13,16,22H,7-12,14H2,1-2H3. The molecule has 7 nitrogen and oxygen atoms in total. The lowest BCUT2D eigenvalue weighted by molar-refractivity contribution is -0.127. The first kappa shape index (κ1) is 20.5. The normalized spacial score (nSPS) is 15.5. The Morgan fingerprint density at radius 2 is 2.14 bits per heavy atom. The summed E-state index contributed by atoms with van der Waals surface area (Å²) in [5.41, 5.74) is 1.87. The van der Waals surface area contributed by atoms with E-state index in [1.54, 1.807) is 13.0 Å². The number of amides is 1. The maximum atomic E-state index is 12.6. The third-order valence-electron chi connectivity index (χ3n) is 5.10. The number of nitrogens with zero attached hydrogens (tertiary/aromatic N) is 5. The second-order valence-corrected chi connectivity index (χ2v) is 7.64. The molecule has 0 spiro atoms. The summed E-state index contributed by atoms with van der Waals surface area (Å²) in [6, 6.07) is 5.61. The lowest BCUT2D eigenvalue weighted by Crippen LogP contribution is -2.38. The first-order chi connectivity index (χ1) is 13.5. The van der Waals surface area contributed by atoms with Crippen molar-refractivity contribution in [1.29, 1.82) is 0 Å². The Morgan fingerprint density at radius 1 is 1.36 bits per heavy atom. The number of likely N-dealkylation sites (tertiary alicyclic amines) is 1. The van der Waals surface area contributed by atoms with Crippen molar-refractivity contribution in [2.24, 2.45) is 5.92 Å². The molecule has 28 heavy (non-hydrogen) atoms. The first-order valence-electron chi connectivity index (χ1n) is 9.69. The van der Waals surface area contributed by atoms with Crippen LogP contribution < -0.4 is 5.32 Å². The van der Waals surface area contributed by atoms with Crippen molar-refractivity contribution >= 4 is 23.6 Å².